The fourth-order valence-corrected chi connectivity index (χ4v) is 3.67. The first-order valence-electron chi connectivity index (χ1n) is 8.47. The van der Waals surface area contributed by atoms with Crippen LogP contribution in [0.15, 0.2) is 0 Å². The van der Waals surface area contributed by atoms with Crippen molar-refractivity contribution in [2.75, 3.05) is 13.1 Å². The van der Waals surface area contributed by atoms with Gasteiger partial charge in [0.25, 0.3) is 0 Å². The molecule has 1 saturated carbocycles. The van der Waals surface area contributed by atoms with Crippen LogP contribution in [-0.4, -0.2) is 41.8 Å². The van der Waals surface area contributed by atoms with Crippen molar-refractivity contribution in [3.63, 3.8) is 0 Å². The maximum Gasteiger partial charge on any atom is 0.407 e. The molecule has 0 aromatic carbocycles. The number of nitrogens with one attached hydrogen (secondary N) is 1. The van der Waals surface area contributed by atoms with Crippen molar-refractivity contribution >= 4 is 6.09 Å². The van der Waals surface area contributed by atoms with Crippen molar-refractivity contribution in [2.45, 2.75) is 84.4 Å². The van der Waals surface area contributed by atoms with E-state index in [1.165, 1.54) is 32.4 Å². The topological polar surface area (TPSA) is 41.6 Å². The highest BCUT2D eigenvalue weighted by atomic mass is 16.6. The molecule has 1 aliphatic heterocycles. The monoisotopic (exact) mass is 296 g/mol. The number of alkyl carbamates (subject to hydrolysis) is 1. The summed E-state index contributed by atoms with van der Waals surface area (Å²) in [6, 6.07) is 1.02. The van der Waals surface area contributed by atoms with E-state index in [4.69, 9.17) is 4.74 Å². The van der Waals surface area contributed by atoms with Crippen LogP contribution in [0.1, 0.15) is 66.7 Å². The third-order valence-corrected chi connectivity index (χ3v) is 5.15. The minimum absolute atomic E-state index is 0.264. The van der Waals surface area contributed by atoms with Crippen molar-refractivity contribution < 1.29 is 9.53 Å². The lowest BCUT2D eigenvalue weighted by molar-refractivity contribution is -0.0110. The molecule has 1 heterocycles. The smallest absolute Gasteiger partial charge is 0.407 e. The second kappa shape index (κ2) is 6.15. The van der Waals surface area contributed by atoms with Crippen molar-refractivity contribution in [1.29, 1.82) is 0 Å². The number of carbonyl (C=O) groups is 1. The van der Waals surface area contributed by atoms with Gasteiger partial charge in [-0.1, -0.05) is 6.92 Å². The summed E-state index contributed by atoms with van der Waals surface area (Å²) in [6.45, 7) is 12.7. The van der Waals surface area contributed by atoms with Gasteiger partial charge in [0.15, 0.2) is 0 Å². The Bertz CT molecular complexity index is 359. The Kier molecular flexibility index (Phi) is 4.86. The third kappa shape index (κ3) is 4.35. The van der Waals surface area contributed by atoms with E-state index in [1.54, 1.807) is 0 Å². The quantitative estimate of drug-likeness (QED) is 0.866. The number of hydrogen-bond donors (Lipinski definition) is 1. The van der Waals surface area contributed by atoms with E-state index in [2.05, 4.69) is 24.1 Å². The maximum absolute atomic E-state index is 11.8. The molecule has 4 heteroatoms. The molecule has 4 nitrogen and oxygen atoms in total. The number of likely N-dealkylation sites (tertiary alicyclic amines) is 1. The molecule has 1 saturated heterocycles. The Hall–Kier alpha value is -0.770. The minimum Gasteiger partial charge on any atom is -0.444 e. The Morgan fingerprint density at radius 1 is 1.33 bits per heavy atom. The zero-order chi connectivity index (χ0) is 15.7. The molecule has 2 fully saturated rings. The second-order valence-corrected chi connectivity index (χ2v) is 8.04. The highest BCUT2D eigenvalue weighted by Gasteiger charge is 2.46. The molecular formula is C17H32N2O2. The Morgan fingerprint density at radius 3 is 2.38 bits per heavy atom. The molecule has 1 atom stereocenters. The Morgan fingerprint density at radius 2 is 1.90 bits per heavy atom. The summed E-state index contributed by atoms with van der Waals surface area (Å²) in [4.78, 5) is 14.4. The molecule has 0 aromatic rings. The zero-order valence-corrected chi connectivity index (χ0v) is 14.4. The summed E-state index contributed by atoms with van der Waals surface area (Å²) < 4.78 is 5.32. The van der Waals surface area contributed by atoms with Gasteiger partial charge in [0.1, 0.15) is 5.60 Å². The Balaban J connectivity index is 1.71. The number of amides is 1. The average Bonchev–Trinajstić information content (AvgIpc) is 2.34. The molecule has 21 heavy (non-hydrogen) atoms. The van der Waals surface area contributed by atoms with Crippen molar-refractivity contribution in [3.05, 3.63) is 0 Å². The molecule has 1 aliphatic carbocycles. The lowest BCUT2D eigenvalue weighted by Crippen LogP contribution is -2.56. The van der Waals surface area contributed by atoms with Gasteiger partial charge in [-0.3, -0.25) is 0 Å². The van der Waals surface area contributed by atoms with E-state index in [0.717, 1.165) is 12.8 Å². The lowest BCUT2D eigenvalue weighted by atomic mass is 9.60. The summed E-state index contributed by atoms with van der Waals surface area (Å²) in [5.41, 5.74) is 0.0801. The first-order valence-corrected chi connectivity index (χ1v) is 8.47. The van der Waals surface area contributed by atoms with Gasteiger partial charge >= 0.3 is 6.09 Å². The number of carbonyl (C=O) groups excluding carboxylic acids is 1. The van der Waals surface area contributed by atoms with E-state index in [0.29, 0.717) is 17.5 Å². The molecule has 1 amide bonds. The zero-order valence-electron chi connectivity index (χ0n) is 14.4. The maximum atomic E-state index is 11.8. The molecular weight excluding hydrogens is 264 g/mol. The van der Waals surface area contributed by atoms with Crippen LogP contribution in [0.5, 0.6) is 0 Å². The normalized spacial score (nSPS) is 24.4. The first-order chi connectivity index (χ1) is 9.73. The van der Waals surface area contributed by atoms with Gasteiger partial charge in [0, 0.05) is 12.1 Å². The number of hydrogen-bond acceptors (Lipinski definition) is 3. The van der Waals surface area contributed by atoms with Gasteiger partial charge in [0.05, 0.1) is 0 Å². The van der Waals surface area contributed by atoms with Gasteiger partial charge in [-0.15, -0.1) is 0 Å². The minimum atomic E-state index is -0.410. The van der Waals surface area contributed by atoms with Crippen molar-refractivity contribution in [2.24, 2.45) is 5.41 Å². The van der Waals surface area contributed by atoms with Crippen LogP contribution >= 0.6 is 0 Å². The summed E-state index contributed by atoms with van der Waals surface area (Å²) in [6.07, 6.45) is 5.78. The predicted octanol–water partition coefficient (Wildman–Crippen LogP) is 3.55. The van der Waals surface area contributed by atoms with Crippen LogP contribution in [0, 0.1) is 5.41 Å². The van der Waals surface area contributed by atoms with Crippen molar-refractivity contribution in [3.8, 4) is 0 Å². The van der Waals surface area contributed by atoms with Crippen LogP contribution in [0.4, 0.5) is 4.79 Å². The van der Waals surface area contributed by atoms with Gasteiger partial charge < -0.3 is 15.0 Å². The molecule has 0 bridgehead atoms. The summed E-state index contributed by atoms with van der Waals surface area (Å²) in [5, 5.41) is 3.01. The van der Waals surface area contributed by atoms with E-state index in [1.807, 2.05) is 20.8 Å². The molecule has 1 N–H and O–H groups in total. The van der Waals surface area contributed by atoms with E-state index < -0.39 is 5.60 Å². The molecule has 0 aromatic heterocycles. The SMILES string of the molecule is CCC(C)N1CCC2(CC1)CC(NC(=O)OC(C)(C)C)C2. The fraction of sp³-hybridized carbons (Fsp3) is 0.941. The number of nitrogens with zero attached hydrogens (tertiary/aromatic N) is 1. The van der Waals surface area contributed by atoms with Gasteiger partial charge in [0.2, 0.25) is 0 Å². The first kappa shape index (κ1) is 16.6. The summed E-state index contributed by atoms with van der Waals surface area (Å²) in [5.74, 6) is 0. The van der Waals surface area contributed by atoms with Crippen LogP contribution in [-0.2, 0) is 4.74 Å². The van der Waals surface area contributed by atoms with Gasteiger partial charge in [-0.05, 0) is 78.3 Å². The van der Waals surface area contributed by atoms with E-state index >= 15 is 0 Å². The van der Waals surface area contributed by atoms with Crippen molar-refractivity contribution in [1.82, 2.24) is 10.2 Å². The fourth-order valence-electron chi connectivity index (χ4n) is 3.67. The summed E-state index contributed by atoms with van der Waals surface area (Å²) in [7, 11) is 0. The molecule has 0 radical (unpaired) electrons. The number of ether oxygens (including phenoxy) is 1. The average molecular weight is 296 g/mol. The number of piperidine rings is 1. The summed E-state index contributed by atoms with van der Waals surface area (Å²) >= 11 is 0. The molecule has 122 valence electrons. The standard InChI is InChI=1S/C17H32N2O2/c1-6-13(2)19-9-7-17(8-10-19)11-14(12-17)18-15(20)21-16(3,4)5/h13-14H,6-12H2,1-5H3,(H,18,20). The van der Waals surface area contributed by atoms with Gasteiger partial charge in [-0.2, -0.15) is 0 Å². The van der Waals surface area contributed by atoms with E-state index in [-0.39, 0.29) is 6.09 Å². The molecule has 1 spiro atoms. The third-order valence-electron chi connectivity index (χ3n) is 5.15. The van der Waals surface area contributed by atoms with Crippen LogP contribution < -0.4 is 5.32 Å². The van der Waals surface area contributed by atoms with Crippen LogP contribution in [0.25, 0.3) is 0 Å². The highest BCUT2D eigenvalue weighted by molar-refractivity contribution is 5.68. The van der Waals surface area contributed by atoms with E-state index in [9.17, 15) is 4.79 Å². The lowest BCUT2D eigenvalue weighted by Gasteiger charge is -2.53. The molecule has 2 aliphatic rings. The van der Waals surface area contributed by atoms with Crippen LogP contribution in [0.2, 0.25) is 0 Å². The highest BCUT2D eigenvalue weighted by Crippen LogP contribution is 2.49. The molecule has 2 rings (SSSR count). The Labute approximate surface area is 129 Å². The largest absolute Gasteiger partial charge is 0.444 e. The predicted molar refractivity (Wildman–Crippen MR) is 85.4 cm³/mol. The van der Waals surface area contributed by atoms with Gasteiger partial charge in [-0.25, -0.2) is 4.79 Å². The van der Waals surface area contributed by atoms with Crippen LogP contribution in [0.3, 0.4) is 0 Å². The molecule has 1 unspecified atom stereocenters. The second-order valence-electron chi connectivity index (χ2n) is 8.04. The number of rotatable bonds is 3.